The van der Waals surface area contributed by atoms with E-state index in [2.05, 4.69) is 6.92 Å². The number of nitrogens with zero attached hydrogens (tertiary/aromatic N) is 1. The Morgan fingerprint density at radius 1 is 1.18 bits per heavy atom. The van der Waals surface area contributed by atoms with Crippen LogP contribution in [-0.2, 0) is 15.2 Å². The molecule has 0 spiro atoms. The summed E-state index contributed by atoms with van der Waals surface area (Å²) in [6, 6.07) is 7.24. The molecule has 0 aliphatic carbocycles. The minimum absolute atomic E-state index is 0.158. The number of fused-ring (bicyclic) bond motifs is 1. The molecule has 22 heavy (non-hydrogen) atoms. The summed E-state index contributed by atoms with van der Waals surface area (Å²) in [7, 11) is 0. The lowest BCUT2D eigenvalue weighted by atomic mass is 9.90. The Morgan fingerprint density at radius 2 is 1.86 bits per heavy atom. The summed E-state index contributed by atoms with van der Waals surface area (Å²) in [5.74, 6) is -0.546. The van der Waals surface area contributed by atoms with Crippen molar-refractivity contribution in [3.63, 3.8) is 0 Å². The van der Waals surface area contributed by atoms with Crippen molar-refractivity contribution in [3.05, 3.63) is 29.8 Å². The van der Waals surface area contributed by atoms with Gasteiger partial charge in [-0.15, -0.1) is 0 Å². The van der Waals surface area contributed by atoms with Gasteiger partial charge in [0.2, 0.25) is 0 Å². The van der Waals surface area contributed by atoms with Crippen LogP contribution in [0.4, 0.5) is 5.69 Å². The molecule has 120 valence electrons. The van der Waals surface area contributed by atoms with Gasteiger partial charge in [-0.2, -0.15) is 0 Å². The van der Waals surface area contributed by atoms with Crippen molar-refractivity contribution in [2.75, 3.05) is 11.4 Å². The quantitative estimate of drug-likeness (QED) is 0.750. The highest BCUT2D eigenvalue weighted by atomic mass is 16.3. The van der Waals surface area contributed by atoms with Crippen LogP contribution in [0, 0.1) is 0 Å². The van der Waals surface area contributed by atoms with E-state index in [1.54, 1.807) is 17.0 Å². The monoisotopic (exact) mass is 303 g/mol. The third kappa shape index (κ3) is 3.22. The number of anilines is 1. The van der Waals surface area contributed by atoms with E-state index in [0.717, 1.165) is 24.9 Å². The second-order valence-electron chi connectivity index (χ2n) is 6.13. The van der Waals surface area contributed by atoms with Crippen molar-refractivity contribution in [1.82, 2.24) is 0 Å². The van der Waals surface area contributed by atoms with E-state index in [4.69, 9.17) is 0 Å². The smallest absolute Gasteiger partial charge is 0.264 e. The van der Waals surface area contributed by atoms with E-state index in [1.807, 2.05) is 12.1 Å². The number of hydrogen-bond donors (Lipinski definition) is 1. The van der Waals surface area contributed by atoms with Crippen molar-refractivity contribution in [3.8, 4) is 0 Å². The van der Waals surface area contributed by atoms with Crippen molar-refractivity contribution < 1.29 is 14.7 Å². The topological polar surface area (TPSA) is 57.6 Å². The van der Waals surface area contributed by atoms with E-state index < -0.39 is 5.60 Å². The molecule has 0 fully saturated rings. The Hall–Kier alpha value is -1.68. The Bertz CT molecular complexity index is 555. The van der Waals surface area contributed by atoms with Gasteiger partial charge >= 0.3 is 0 Å². The number of carbonyl (C=O) groups is 2. The molecule has 2 rings (SSSR count). The van der Waals surface area contributed by atoms with Gasteiger partial charge in [0.25, 0.3) is 5.91 Å². The maximum Gasteiger partial charge on any atom is 0.264 e. The average Bonchev–Trinajstić information content (AvgIpc) is 2.68. The summed E-state index contributed by atoms with van der Waals surface area (Å²) in [5, 5.41) is 10.8. The predicted octanol–water partition coefficient (Wildman–Crippen LogP) is 3.17. The van der Waals surface area contributed by atoms with Crippen LogP contribution in [0.25, 0.3) is 0 Å². The molecule has 0 bridgehead atoms. The minimum Gasteiger partial charge on any atom is -0.375 e. The second-order valence-corrected chi connectivity index (χ2v) is 6.13. The fourth-order valence-electron chi connectivity index (χ4n) is 3.13. The standard InChI is InChI=1S/C18H25NO3/c1-3-4-5-6-9-12-19-16-11-8-7-10-15(16)18(22,17(19)21)13-14(2)20/h7-8,10-11,22H,3-6,9,12-13H2,1-2H3. The molecule has 1 N–H and O–H groups in total. The molecule has 1 aliphatic rings. The van der Waals surface area contributed by atoms with E-state index in [0.29, 0.717) is 12.1 Å². The van der Waals surface area contributed by atoms with E-state index in [9.17, 15) is 14.7 Å². The fraction of sp³-hybridized carbons (Fsp3) is 0.556. The molecular formula is C18H25NO3. The summed E-state index contributed by atoms with van der Waals surface area (Å²) in [6.45, 7) is 4.17. The average molecular weight is 303 g/mol. The molecule has 4 nitrogen and oxygen atoms in total. The van der Waals surface area contributed by atoms with Crippen molar-refractivity contribution in [2.45, 2.75) is 58.0 Å². The first-order chi connectivity index (χ1) is 10.5. The molecule has 0 aromatic heterocycles. The molecule has 0 radical (unpaired) electrons. The third-order valence-electron chi connectivity index (χ3n) is 4.23. The van der Waals surface area contributed by atoms with Crippen molar-refractivity contribution in [2.24, 2.45) is 0 Å². The number of hydrogen-bond acceptors (Lipinski definition) is 3. The van der Waals surface area contributed by atoms with Crippen LogP contribution in [0.5, 0.6) is 0 Å². The van der Waals surface area contributed by atoms with Gasteiger partial charge in [0, 0.05) is 18.5 Å². The van der Waals surface area contributed by atoms with E-state index in [1.165, 1.54) is 19.8 Å². The number of amides is 1. The maximum absolute atomic E-state index is 12.7. The molecular weight excluding hydrogens is 278 g/mol. The zero-order chi connectivity index (χ0) is 16.2. The highest BCUT2D eigenvalue weighted by Gasteiger charge is 2.49. The number of para-hydroxylation sites is 1. The van der Waals surface area contributed by atoms with Gasteiger partial charge < -0.3 is 10.0 Å². The first-order valence-corrected chi connectivity index (χ1v) is 8.14. The molecule has 0 saturated heterocycles. The number of rotatable bonds is 8. The molecule has 1 aromatic rings. The lowest BCUT2D eigenvalue weighted by molar-refractivity contribution is -0.141. The maximum atomic E-state index is 12.7. The summed E-state index contributed by atoms with van der Waals surface area (Å²) < 4.78 is 0. The normalized spacial score (nSPS) is 20.3. The lowest BCUT2D eigenvalue weighted by Crippen LogP contribution is -2.41. The molecule has 0 saturated carbocycles. The van der Waals surface area contributed by atoms with Crippen molar-refractivity contribution in [1.29, 1.82) is 0 Å². The highest BCUT2D eigenvalue weighted by Crippen LogP contribution is 2.42. The lowest BCUT2D eigenvalue weighted by Gasteiger charge is -2.22. The summed E-state index contributed by atoms with van der Waals surface area (Å²) in [5.41, 5.74) is -0.387. The van der Waals surface area contributed by atoms with Gasteiger partial charge in [0.15, 0.2) is 5.60 Å². The van der Waals surface area contributed by atoms with Gasteiger partial charge in [0.1, 0.15) is 5.78 Å². The zero-order valence-corrected chi connectivity index (χ0v) is 13.5. The SMILES string of the molecule is CCCCCCCN1C(=O)C(O)(CC(C)=O)c2ccccc21. The number of carbonyl (C=O) groups excluding carboxylic acids is 2. The molecule has 1 aromatic carbocycles. The van der Waals surface area contributed by atoms with Crippen LogP contribution >= 0.6 is 0 Å². The molecule has 1 atom stereocenters. The molecule has 4 heteroatoms. The van der Waals surface area contributed by atoms with Gasteiger partial charge in [-0.3, -0.25) is 9.59 Å². The molecule has 1 amide bonds. The van der Waals surface area contributed by atoms with Gasteiger partial charge in [-0.05, 0) is 19.4 Å². The summed E-state index contributed by atoms with van der Waals surface area (Å²) in [6.07, 6.45) is 5.39. The minimum atomic E-state index is -1.69. The molecule has 1 unspecified atom stereocenters. The Labute approximate surface area is 132 Å². The number of ketones is 1. The number of benzene rings is 1. The molecule has 1 aliphatic heterocycles. The first-order valence-electron chi connectivity index (χ1n) is 8.14. The van der Waals surface area contributed by atoms with Gasteiger partial charge in [-0.1, -0.05) is 50.8 Å². The van der Waals surface area contributed by atoms with Crippen LogP contribution in [0.3, 0.4) is 0 Å². The fourth-order valence-corrected chi connectivity index (χ4v) is 3.13. The van der Waals surface area contributed by atoms with Gasteiger partial charge in [-0.25, -0.2) is 0 Å². The largest absolute Gasteiger partial charge is 0.375 e. The van der Waals surface area contributed by atoms with E-state index in [-0.39, 0.29) is 18.1 Å². The Kier molecular flexibility index (Phi) is 5.35. The van der Waals surface area contributed by atoms with Crippen LogP contribution in [-0.4, -0.2) is 23.3 Å². The molecule has 1 heterocycles. The van der Waals surface area contributed by atoms with Crippen LogP contribution in [0.1, 0.15) is 57.9 Å². The number of unbranched alkanes of at least 4 members (excludes halogenated alkanes) is 4. The summed E-state index contributed by atoms with van der Waals surface area (Å²) in [4.78, 5) is 25.8. The Balaban J connectivity index is 2.15. The predicted molar refractivity (Wildman–Crippen MR) is 86.7 cm³/mol. The summed E-state index contributed by atoms with van der Waals surface area (Å²) >= 11 is 0. The van der Waals surface area contributed by atoms with Crippen LogP contribution < -0.4 is 4.90 Å². The third-order valence-corrected chi connectivity index (χ3v) is 4.23. The Morgan fingerprint density at radius 3 is 2.55 bits per heavy atom. The van der Waals surface area contributed by atoms with Gasteiger partial charge in [0.05, 0.1) is 5.69 Å². The number of aliphatic hydroxyl groups is 1. The number of Topliss-reactive ketones (excluding diaryl/α,β-unsaturated/α-hetero) is 1. The highest BCUT2D eigenvalue weighted by molar-refractivity contribution is 6.08. The van der Waals surface area contributed by atoms with Crippen LogP contribution in [0.15, 0.2) is 24.3 Å². The van der Waals surface area contributed by atoms with Crippen LogP contribution in [0.2, 0.25) is 0 Å². The first kappa shape index (κ1) is 16.7. The van der Waals surface area contributed by atoms with Crippen molar-refractivity contribution >= 4 is 17.4 Å². The zero-order valence-electron chi connectivity index (χ0n) is 13.5. The second kappa shape index (κ2) is 7.05. The van der Waals surface area contributed by atoms with E-state index >= 15 is 0 Å².